The molecule has 188 valence electrons. The molecule has 1 aliphatic carbocycles. The third kappa shape index (κ3) is 5.71. The summed E-state index contributed by atoms with van der Waals surface area (Å²) in [5, 5.41) is 2.82. The Morgan fingerprint density at radius 2 is 1.88 bits per heavy atom. The number of hydrogen-bond donors (Lipinski definition) is 1. The van der Waals surface area contributed by atoms with Crippen LogP contribution >= 0.6 is 0 Å². The fourth-order valence-electron chi connectivity index (χ4n) is 5.27. The Bertz CT molecular complexity index is 884. The lowest BCUT2D eigenvalue weighted by Crippen LogP contribution is -2.51. The molecular weight excluding hydrogens is 454 g/mol. The van der Waals surface area contributed by atoms with Gasteiger partial charge in [-0.05, 0) is 49.3 Å². The number of nitrogens with one attached hydrogen (secondary N) is 1. The standard InChI is InChI=1S/C24H31F4N3O3/c1-2-17-11-20(17)31(22(33)24(26,27)28)19-12-23(34-15-19)7-9-30(10-8-23)14-21(32)29-13-16-3-5-18(25)6-4-16/h3-6,17,19-20H,2,7-15H2,1H3,(H,29,32)/t17-,19?,20-/m1/s1. The number of alkyl halides is 3. The molecule has 1 unspecified atom stereocenters. The molecule has 3 fully saturated rings. The highest BCUT2D eigenvalue weighted by atomic mass is 19.4. The molecule has 0 radical (unpaired) electrons. The second-order valence-electron chi connectivity index (χ2n) is 9.71. The molecule has 1 spiro atoms. The number of ether oxygens (including phenoxy) is 1. The number of amides is 2. The van der Waals surface area contributed by atoms with Gasteiger partial charge in [0.15, 0.2) is 0 Å². The van der Waals surface area contributed by atoms with Gasteiger partial charge in [0.25, 0.3) is 0 Å². The largest absolute Gasteiger partial charge is 0.471 e. The van der Waals surface area contributed by atoms with Crippen molar-refractivity contribution in [3.05, 3.63) is 35.6 Å². The number of rotatable bonds is 7. The van der Waals surface area contributed by atoms with E-state index in [-0.39, 0.29) is 36.8 Å². The molecule has 34 heavy (non-hydrogen) atoms. The first kappa shape index (κ1) is 24.9. The van der Waals surface area contributed by atoms with Crippen molar-refractivity contribution in [2.24, 2.45) is 5.92 Å². The SMILES string of the molecule is CC[C@@H]1C[C@H]1N(C(=O)C(F)(F)F)C1COC2(CCN(CC(=O)NCc3ccc(F)cc3)CC2)C1. The molecule has 2 heterocycles. The van der Waals surface area contributed by atoms with Crippen LogP contribution in [0.5, 0.6) is 0 Å². The Labute approximate surface area is 196 Å². The molecule has 0 bridgehead atoms. The van der Waals surface area contributed by atoms with Gasteiger partial charge >= 0.3 is 12.1 Å². The normalized spacial score (nSPS) is 26.4. The topological polar surface area (TPSA) is 61.9 Å². The van der Waals surface area contributed by atoms with Gasteiger partial charge in [0, 0.05) is 25.7 Å². The third-order valence-corrected chi connectivity index (χ3v) is 7.36. The van der Waals surface area contributed by atoms with Crippen LogP contribution in [0.1, 0.15) is 44.6 Å². The van der Waals surface area contributed by atoms with Gasteiger partial charge < -0.3 is 15.0 Å². The third-order valence-electron chi connectivity index (χ3n) is 7.36. The van der Waals surface area contributed by atoms with Gasteiger partial charge in [-0.1, -0.05) is 25.5 Å². The molecule has 4 rings (SSSR count). The summed E-state index contributed by atoms with van der Waals surface area (Å²) >= 11 is 0. The molecule has 1 saturated carbocycles. The summed E-state index contributed by atoms with van der Waals surface area (Å²) in [6.07, 6.45) is -1.92. The maximum atomic E-state index is 13.3. The highest BCUT2D eigenvalue weighted by Crippen LogP contribution is 2.45. The molecular formula is C24H31F4N3O3. The fourth-order valence-corrected chi connectivity index (χ4v) is 5.27. The molecule has 1 N–H and O–H groups in total. The van der Waals surface area contributed by atoms with Gasteiger partial charge in [0.05, 0.1) is 24.8 Å². The van der Waals surface area contributed by atoms with E-state index in [1.807, 2.05) is 11.8 Å². The minimum absolute atomic E-state index is 0.118. The highest BCUT2D eigenvalue weighted by molar-refractivity contribution is 5.83. The predicted molar refractivity (Wildman–Crippen MR) is 116 cm³/mol. The van der Waals surface area contributed by atoms with Crippen LogP contribution in [0, 0.1) is 11.7 Å². The molecule has 1 aromatic rings. The zero-order chi connectivity index (χ0) is 24.5. The van der Waals surface area contributed by atoms with Gasteiger partial charge in [-0.2, -0.15) is 13.2 Å². The summed E-state index contributed by atoms with van der Waals surface area (Å²) in [7, 11) is 0. The van der Waals surface area contributed by atoms with E-state index in [9.17, 15) is 27.2 Å². The average molecular weight is 486 g/mol. The monoisotopic (exact) mass is 485 g/mol. The predicted octanol–water partition coefficient (Wildman–Crippen LogP) is 3.25. The quantitative estimate of drug-likeness (QED) is 0.603. The van der Waals surface area contributed by atoms with Crippen molar-refractivity contribution in [1.82, 2.24) is 15.1 Å². The Balaban J connectivity index is 1.27. The van der Waals surface area contributed by atoms with E-state index in [0.29, 0.717) is 45.3 Å². The van der Waals surface area contributed by atoms with Crippen LogP contribution in [0.3, 0.4) is 0 Å². The number of hydrogen-bond acceptors (Lipinski definition) is 4. The molecule has 2 aliphatic heterocycles. The first-order valence-corrected chi connectivity index (χ1v) is 11.9. The molecule has 2 amide bonds. The zero-order valence-corrected chi connectivity index (χ0v) is 19.2. The van der Waals surface area contributed by atoms with Crippen molar-refractivity contribution in [2.75, 3.05) is 26.2 Å². The summed E-state index contributed by atoms with van der Waals surface area (Å²) in [4.78, 5) is 27.5. The minimum Gasteiger partial charge on any atom is -0.373 e. The molecule has 0 aromatic heterocycles. The second-order valence-corrected chi connectivity index (χ2v) is 9.71. The number of halogens is 4. The average Bonchev–Trinajstić information content (AvgIpc) is 3.46. The second kappa shape index (κ2) is 9.81. The van der Waals surface area contributed by atoms with Crippen LogP contribution in [-0.2, 0) is 20.9 Å². The lowest BCUT2D eigenvalue weighted by molar-refractivity contribution is -0.188. The first-order chi connectivity index (χ1) is 16.1. The first-order valence-electron chi connectivity index (χ1n) is 11.9. The van der Waals surface area contributed by atoms with E-state index in [0.717, 1.165) is 16.9 Å². The number of carbonyl (C=O) groups is 2. The Kier molecular flexibility index (Phi) is 7.19. The van der Waals surface area contributed by atoms with Crippen molar-refractivity contribution in [2.45, 2.75) is 69.4 Å². The number of carbonyl (C=O) groups excluding carboxylic acids is 2. The molecule has 6 nitrogen and oxygen atoms in total. The van der Waals surface area contributed by atoms with Crippen molar-refractivity contribution in [1.29, 1.82) is 0 Å². The molecule has 3 aliphatic rings. The molecule has 1 aromatic carbocycles. The van der Waals surface area contributed by atoms with Crippen molar-refractivity contribution >= 4 is 11.8 Å². The Morgan fingerprint density at radius 1 is 1.21 bits per heavy atom. The van der Waals surface area contributed by atoms with E-state index in [1.165, 1.54) is 12.1 Å². The molecule has 3 atom stereocenters. The minimum atomic E-state index is -4.89. The van der Waals surface area contributed by atoms with Crippen LogP contribution in [0.2, 0.25) is 0 Å². The summed E-state index contributed by atoms with van der Waals surface area (Å²) in [6.45, 7) is 3.74. The van der Waals surface area contributed by atoms with E-state index in [2.05, 4.69) is 5.32 Å². The van der Waals surface area contributed by atoms with Crippen LogP contribution in [0.25, 0.3) is 0 Å². The fraction of sp³-hybridized carbons (Fsp3) is 0.667. The number of benzene rings is 1. The van der Waals surface area contributed by atoms with Gasteiger partial charge in [-0.3, -0.25) is 14.5 Å². The highest BCUT2D eigenvalue weighted by Gasteiger charge is 2.56. The lowest BCUT2D eigenvalue weighted by atomic mass is 9.87. The van der Waals surface area contributed by atoms with Gasteiger partial charge in [0.2, 0.25) is 5.91 Å². The van der Waals surface area contributed by atoms with E-state index in [1.54, 1.807) is 12.1 Å². The number of nitrogens with zero attached hydrogens (tertiary/aromatic N) is 2. The van der Waals surface area contributed by atoms with Gasteiger partial charge in [-0.25, -0.2) is 4.39 Å². The lowest BCUT2D eigenvalue weighted by Gasteiger charge is -2.39. The molecule has 10 heteroatoms. The van der Waals surface area contributed by atoms with Crippen LogP contribution in [0.15, 0.2) is 24.3 Å². The number of likely N-dealkylation sites (tertiary alicyclic amines) is 1. The van der Waals surface area contributed by atoms with Crippen molar-refractivity contribution in [3.8, 4) is 0 Å². The zero-order valence-electron chi connectivity index (χ0n) is 19.2. The Morgan fingerprint density at radius 3 is 2.47 bits per heavy atom. The van der Waals surface area contributed by atoms with Gasteiger partial charge in [0.1, 0.15) is 5.82 Å². The summed E-state index contributed by atoms with van der Waals surface area (Å²) in [5.74, 6) is -2.11. The molecule has 2 saturated heterocycles. The van der Waals surface area contributed by atoms with E-state index >= 15 is 0 Å². The summed E-state index contributed by atoms with van der Waals surface area (Å²) in [6, 6.07) is 5.00. The maximum absolute atomic E-state index is 13.3. The summed E-state index contributed by atoms with van der Waals surface area (Å²) in [5.41, 5.74) is 0.253. The van der Waals surface area contributed by atoms with Crippen LogP contribution in [-0.4, -0.2) is 71.7 Å². The van der Waals surface area contributed by atoms with Crippen LogP contribution in [0.4, 0.5) is 17.6 Å². The van der Waals surface area contributed by atoms with Gasteiger partial charge in [-0.15, -0.1) is 0 Å². The maximum Gasteiger partial charge on any atom is 0.471 e. The Hall–Kier alpha value is -2.20. The number of piperidine rings is 1. The van der Waals surface area contributed by atoms with Crippen molar-refractivity contribution in [3.63, 3.8) is 0 Å². The van der Waals surface area contributed by atoms with Crippen molar-refractivity contribution < 1.29 is 31.9 Å². The summed E-state index contributed by atoms with van der Waals surface area (Å²) < 4.78 is 58.8. The van der Waals surface area contributed by atoms with E-state index in [4.69, 9.17) is 4.74 Å². The van der Waals surface area contributed by atoms with E-state index < -0.39 is 23.7 Å². The van der Waals surface area contributed by atoms with Crippen LogP contribution < -0.4 is 5.32 Å². The smallest absolute Gasteiger partial charge is 0.373 e.